The van der Waals surface area contributed by atoms with Gasteiger partial charge in [-0.2, -0.15) is 0 Å². The fourth-order valence-corrected chi connectivity index (χ4v) is 2.95. The first-order valence-electron chi connectivity index (χ1n) is 9.57. The molecular formula is C23H19N5O3. The molecular weight excluding hydrogens is 394 g/mol. The summed E-state index contributed by atoms with van der Waals surface area (Å²) < 4.78 is 7.08. The van der Waals surface area contributed by atoms with Crippen molar-refractivity contribution in [3.8, 4) is 5.69 Å². The van der Waals surface area contributed by atoms with Crippen LogP contribution in [0.2, 0.25) is 0 Å². The van der Waals surface area contributed by atoms with Crippen LogP contribution in [0.4, 0.5) is 5.69 Å². The molecule has 0 aliphatic heterocycles. The second-order valence-corrected chi connectivity index (χ2v) is 6.85. The van der Waals surface area contributed by atoms with E-state index in [4.69, 9.17) is 4.74 Å². The quantitative estimate of drug-likeness (QED) is 0.486. The number of rotatable bonds is 6. The van der Waals surface area contributed by atoms with E-state index in [1.54, 1.807) is 60.7 Å². The van der Waals surface area contributed by atoms with Crippen LogP contribution in [0.3, 0.4) is 0 Å². The highest BCUT2D eigenvalue weighted by molar-refractivity contribution is 5.98. The molecule has 0 aliphatic rings. The van der Waals surface area contributed by atoms with Crippen LogP contribution < -0.4 is 5.32 Å². The van der Waals surface area contributed by atoms with Gasteiger partial charge in [0.2, 0.25) is 6.10 Å². The Labute approximate surface area is 178 Å². The summed E-state index contributed by atoms with van der Waals surface area (Å²) >= 11 is 0. The van der Waals surface area contributed by atoms with Crippen molar-refractivity contribution in [2.24, 2.45) is 0 Å². The highest BCUT2D eigenvalue weighted by Crippen LogP contribution is 2.22. The molecule has 8 heteroatoms. The number of esters is 1. The van der Waals surface area contributed by atoms with E-state index in [-0.39, 0.29) is 0 Å². The maximum atomic E-state index is 13.0. The first-order chi connectivity index (χ1) is 15.1. The monoisotopic (exact) mass is 413 g/mol. The Morgan fingerprint density at radius 1 is 0.935 bits per heavy atom. The summed E-state index contributed by atoms with van der Waals surface area (Å²) in [6.07, 6.45) is 0.350. The van der Waals surface area contributed by atoms with Gasteiger partial charge < -0.3 is 10.1 Å². The molecule has 4 aromatic rings. The Bertz CT molecular complexity index is 1160. The fourth-order valence-electron chi connectivity index (χ4n) is 2.95. The lowest BCUT2D eigenvalue weighted by atomic mass is 10.1. The minimum absolute atomic E-state index is 0.306. The maximum absolute atomic E-state index is 13.0. The summed E-state index contributed by atoms with van der Waals surface area (Å²) in [5.74, 6) is -1.05. The Balaban J connectivity index is 1.53. The van der Waals surface area contributed by atoms with Crippen molar-refractivity contribution in [1.29, 1.82) is 0 Å². The molecule has 0 saturated carbocycles. The minimum Gasteiger partial charge on any atom is -0.444 e. The zero-order valence-electron chi connectivity index (χ0n) is 16.7. The van der Waals surface area contributed by atoms with Gasteiger partial charge in [-0.05, 0) is 53.7 Å². The van der Waals surface area contributed by atoms with Gasteiger partial charge in [-0.1, -0.05) is 48.0 Å². The number of ether oxygens (including phenoxy) is 1. The Hall–Kier alpha value is -4.33. The van der Waals surface area contributed by atoms with Crippen molar-refractivity contribution >= 4 is 17.6 Å². The molecule has 1 unspecified atom stereocenters. The third-order valence-corrected chi connectivity index (χ3v) is 4.60. The van der Waals surface area contributed by atoms with E-state index < -0.39 is 18.0 Å². The largest absolute Gasteiger partial charge is 0.444 e. The Kier molecular flexibility index (Phi) is 5.79. The first-order valence-corrected chi connectivity index (χ1v) is 9.57. The number of hydrogen-bond donors (Lipinski definition) is 1. The molecule has 0 spiro atoms. The summed E-state index contributed by atoms with van der Waals surface area (Å²) in [5.41, 5.74) is 3.28. The molecule has 1 N–H and O–H groups in total. The lowest BCUT2D eigenvalue weighted by Gasteiger charge is -2.18. The lowest BCUT2D eigenvalue weighted by molar-refractivity contribution is -0.125. The van der Waals surface area contributed by atoms with Gasteiger partial charge in [0.05, 0.1) is 11.3 Å². The number of aryl methyl sites for hydroxylation is 1. The number of carbonyl (C=O) groups is 2. The van der Waals surface area contributed by atoms with Crippen LogP contribution in [0.25, 0.3) is 5.69 Å². The fraction of sp³-hybridized carbons (Fsp3) is 0.0870. The summed E-state index contributed by atoms with van der Waals surface area (Å²) in [5, 5.41) is 13.8. The predicted molar refractivity (Wildman–Crippen MR) is 114 cm³/mol. The molecule has 154 valence electrons. The van der Waals surface area contributed by atoms with Gasteiger partial charge in [-0.15, -0.1) is 5.10 Å². The molecule has 0 aliphatic carbocycles. The molecule has 0 bridgehead atoms. The average molecular weight is 413 g/mol. The topological polar surface area (TPSA) is 99.0 Å². The van der Waals surface area contributed by atoms with Gasteiger partial charge in [0, 0.05) is 11.3 Å². The molecule has 8 nitrogen and oxygen atoms in total. The molecule has 31 heavy (non-hydrogen) atoms. The average Bonchev–Trinajstić information content (AvgIpc) is 3.34. The van der Waals surface area contributed by atoms with Crippen molar-refractivity contribution in [1.82, 2.24) is 20.2 Å². The van der Waals surface area contributed by atoms with Crippen molar-refractivity contribution in [3.05, 3.63) is 102 Å². The van der Waals surface area contributed by atoms with E-state index >= 15 is 0 Å². The maximum Gasteiger partial charge on any atom is 0.339 e. The summed E-state index contributed by atoms with van der Waals surface area (Å²) in [4.78, 5) is 25.7. The molecule has 1 amide bonds. The lowest BCUT2D eigenvalue weighted by Crippen LogP contribution is -2.26. The van der Waals surface area contributed by atoms with Crippen LogP contribution in [0.5, 0.6) is 0 Å². The van der Waals surface area contributed by atoms with E-state index in [1.807, 2.05) is 25.1 Å². The standard InChI is InChI=1S/C23H19N5O3/c1-16-7-11-19(12-8-16)25-22(29)21(17-5-3-2-4-6-17)31-23(30)18-9-13-20(14-10-18)28-15-24-26-27-28/h2-15,21H,1H3,(H,25,29). The summed E-state index contributed by atoms with van der Waals surface area (Å²) in [7, 11) is 0. The molecule has 0 fully saturated rings. The van der Waals surface area contributed by atoms with Crippen LogP contribution in [0.15, 0.2) is 85.2 Å². The number of nitrogens with zero attached hydrogens (tertiary/aromatic N) is 4. The van der Waals surface area contributed by atoms with Gasteiger partial charge in [0.1, 0.15) is 6.33 Å². The van der Waals surface area contributed by atoms with Gasteiger partial charge in [0.25, 0.3) is 5.91 Å². The van der Waals surface area contributed by atoms with Gasteiger partial charge >= 0.3 is 5.97 Å². The number of amides is 1. The molecule has 1 atom stereocenters. The van der Waals surface area contributed by atoms with Crippen LogP contribution in [-0.2, 0) is 9.53 Å². The van der Waals surface area contributed by atoms with E-state index in [0.29, 0.717) is 22.5 Å². The van der Waals surface area contributed by atoms with Crippen LogP contribution in [0.1, 0.15) is 27.6 Å². The number of anilines is 1. The van der Waals surface area contributed by atoms with Gasteiger partial charge in [0.15, 0.2) is 0 Å². The van der Waals surface area contributed by atoms with Crippen molar-refractivity contribution in [2.75, 3.05) is 5.32 Å². The molecule has 3 aromatic carbocycles. The van der Waals surface area contributed by atoms with E-state index in [9.17, 15) is 9.59 Å². The zero-order valence-corrected chi connectivity index (χ0v) is 16.7. The van der Waals surface area contributed by atoms with E-state index in [0.717, 1.165) is 5.56 Å². The van der Waals surface area contributed by atoms with Crippen LogP contribution in [-0.4, -0.2) is 32.1 Å². The molecule has 0 radical (unpaired) electrons. The highest BCUT2D eigenvalue weighted by atomic mass is 16.5. The van der Waals surface area contributed by atoms with Crippen LogP contribution in [0, 0.1) is 6.92 Å². The van der Waals surface area contributed by atoms with Crippen molar-refractivity contribution in [3.63, 3.8) is 0 Å². The second kappa shape index (κ2) is 9.00. The zero-order chi connectivity index (χ0) is 21.6. The van der Waals surface area contributed by atoms with Crippen molar-refractivity contribution in [2.45, 2.75) is 13.0 Å². The summed E-state index contributed by atoms with van der Waals surface area (Å²) in [6.45, 7) is 1.96. The van der Waals surface area contributed by atoms with E-state index in [1.165, 1.54) is 11.0 Å². The van der Waals surface area contributed by atoms with Crippen LogP contribution >= 0.6 is 0 Å². The third kappa shape index (κ3) is 4.81. The number of tetrazole rings is 1. The number of hydrogen-bond acceptors (Lipinski definition) is 6. The van der Waals surface area contributed by atoms with Gasteiger partial charge in [-0.3, -0.25) is 4.79 Å². The molecule has 0 saturated heterocycles. The third-order valence-electron chi connectivity index (χ3n) is 4.60. The van der Waals surface area contributed by atoms with Crippen molar-refractivity contribution < 1.29 is 14.3 Å². The highest BCUT2D eigenvalue weighted by Gasteiger charge is 2.26. The SMILES string of the molecule is Cc1ccc(NC(=O)C(OC(=O)c2ccc(-n3cnnn3)cc2)c2ccccc2)cc1. The second-order valence-electron chi connectivity index (χ2n) is 6.85. The molecule has 4 rings (SSSR count). The minimum atomic E-state index is -1.10. The summed E-state index contributed by atoms with van der Waals surface area (Å²) in [6, 6.07) is 22.9. The van der Waals surface area contributed by atoms with Gasteiger partial charge in [-0.25, -0.2) is 9.48 Å². The number of nitrogens with one attached hydrogen (secondary N) is 1. The molecule has 1 heterocycles. The van der Waals surface area contributed by atoms with E-state index in [2.05, 4.69) is 20.8 Å². The normalized spacial score (nSPS) is 11.5. The predicted octanol–water partition coefficient (Wildman–Crippen LogP) is 3.51. The number of carbonyl (C=O) groups excluding carboxylic acids is 2. The smallest absolute Gasteiger partial charge is 0.339 e. The number of aromatic nitrogens is 4. The Morgan fingerprint density at radius 2 is 1.65 bits per heavy atom. The molecule has 1 aromatic heterocycles. The first kappa shape index (κ1) is 20.0. The number of benzene rings is 3. The Morgan fingerprint density at radius 3 is 2.29 bits per heavy atom.